The van der Waals surface area contributed by atoms with E-state index in [2.05, 4.69) is 21.4 Å². The molecule has 4 aromatic rings. The zero-order valence-corrected chi connectivity index (χ0v) is 13.2. The lowest BCUT2D eigenvalue weighted by Crippen LogP contribution is -2.22. The fraction of sp³-hybridized carbons (Fsp3) is 0.0526. The molecule has 120 valence electrons. The second kappa shape index (κ2) is 6.06. The molecule has 25 heavy (non-hydrogen) atoms. The number of H-pyrrole nitrogens is 1. The topological polar surface area (TPSA) is 87.4 Å². The van der Waals surface area contributed by atoms with Gasteiger partial charge in [0.15, 0.2) is 0 Å². The van der Waals surface area contributed by atoms with Crippen molar-refractivity contribution in [2.24, 2.45) is 0 Å². The van der Waals surface area contributed by atoms with Crippen LogP contribution in [0.3, 0.4) is 0 Å². The Morgan fingerprint density at radius 1 is 1.08 bits per heavy atom. The van der Waals surface area contributed by atoms with Gasteiger partial charge in [0.1, 0.15) is 0 Å². The summed E-state index contributed by atoms with van der Waals surface area (Å²) in [5, 5.41) is 21.2. The number of nitriles is 1. The maximum atomic E-state index is 12.2. The molecule has 2 heterocycles. The van der Waals surface area contributed by atoms with Crippen molar-refractivity contribution < 1.29 is 0 Å². The Kier molecular flexibility index (Phi) is 3.60. The number of benzene rings is 2. The highest BCUT2D eigenvalue weighted by molar-refractivity contribution is 5.78. The Morgan fingerprint density at radius 2 is 1.92 bits per heavy atom. The second-order valence-electron chi connectivity index (χ2n) is 5.70. The minimum Gasteiger partial charge on any atom is -0.278 e. The number of nitrogens with one attached hydrogen (secondary N) is 1. The van der Waals surface area contributed by atoms with Crippen molar-refractivity contribution in [2.75, 3.05) is 0 Å². The van der Waals surface area contributed by atoms with E-state index in [1.807, 2.05) is 30.3 Å². The molecule has 0 radical (unpaired) electrons. The van der Waals surface area contributed by atoms with Gasteiger partial charge < -0.3 is 0 Å². The maximum Gasteiger partial charge on any atom is 0.267 e. The molecule has 6 heteroatoms. The van der Waals surface area contributed by atoms with Crippen LogP contribution in [0.2, 0.25) is 0 Å². The van der Waals surface area contributed by atoms with Gasteiger partial charge in [0.05, 0.1) is 35.6 Å². The van der Waals surface area contributed by atoms with Crippen molar-refractivity contribution in [3.8, 4) is 17.3 Å². The molecule has 0 saturated carbocycles. The van der Waals surface area contributed by atoms with Crippen LogP contribution in [0, 0.1) is 11.3 Å². The minimum atomic E-state index is -0.162. The lowest BCUT2D eigenvalue weighted by Gasteiger charge is -2.08. The Morgan fingerprint density at radius 3 is 2.72 bits per heavy atom. The number of fused-ring (bicyclic) bond motifs is 1. The van der Waals surface area contributed by atoms with E-state index in [4.69, 9.17) is 5.26 Å². The molecule has 0 saturated heterocycles. The third kappa shape index (κ3) is 2.91. The third-order valence-corrected chi connectivity index (χ3v) is 4.01. The Hall–Kier alpha value is -3.72. The van der Waals surface area contributed by atoms with Crippen LogP contribution in [0.25, 0.3) is 22.2 Å². The van der Waals surface area contributed by atoms with Crippen LogP contribution in [-0.2, 0) is 6.54 Å². The zero-order chi connectivity index (χ0) is 17.2. The first-order chi connectivity index (χ1) is 12.2. The standard InChI is InChI=1S/C19H13N5O/c20-10-13-1-4-15(5-2-13)18-7-8-19(25)24(23-18)12-14-3-6-17-16(9-14)11-21-22-17/h1-9,11H,12H2,(H,21,22). The first kappa shape index (κ1) is 14.8. The fourth-order valence-electron chi connectivity index (χ4n) is 2.70. The molecule has 4 rings (SSSR count). The molecule has 2 aromatic carbocycles. The number of hydrogen-bond acceptors (Lipinski definition) is 4. The average molecular weight is 327 g/mol. The monoisotopic (exact) mass is 327 g/mol. The predicted octanol–water partition coefficient (Wildman–Crippen LogP) is 2.71. The molecule has 0 amide bonds. The smallest absolute Gasteiger partial charge is 0.267 e. The Balaban J connectivity index is 1.69. The molecule has 0 atom stereocenters. The van der Waals surface area contributed by atoms with Crippen LogP contribution in [0.15, 0.2) is 65.6 Å². The van der Waals surface area contributed by atoms with Gasteiger partial charge in [-0.3, -0.25) is 9.89 Å². The highest BCUT2D eigenvalue weighted by Crippen LogP contribution is 2.17. The highest BCUT2D eigenvalue weighted by Gasteiger charge is 2.06. The molecule has 0 aliphatic carbocycles. The summed E-state index contributed by atoms with van der Waals surface area (Å²) >= 11 is 0. The fourth-order valence-corrected chi connectivity index (χ4v) is 2.70. The lowest BCUT2D eigenvalue weighted by molar-refractivity contribution is 0.643. The van der Waals surface area contributed by atoms with Crippen molar-refractivity contribution in [1.82, 2.24) is 20.0 Å². The molecular weight excluding hydrogens is 314 g/mol. The molecular formula is C19H13N5O. The molecule has 0 spiro atoms. The summed E-state index contributed by atoms with van der Waals surface area (Å²) in [4.78, 5) is 12.2. The minimum absolute atomic E-state index is 0.162. The quantitative estimate of drug-likeness (QED) is 0.627. The molecule has 2 aromatic heterocycles. The van der Waals surface area contributed by atoms with Gasteiger partial charge in [0, 0.05) is 17.0 Å². The van der Waals surface area contributed by atoms with E-state index in [0.717, 1.165) is 22.0 Å². The SMILES string of the molecule is N#Cc1ccc(-c2ccc(=O)n(Cc3ccc4[nH]ncc4c3)n2)cc1. The van der Waals surface area contributed by atoms with Crippen LogP contribution in [0.1, 0.15) is 11.1 Å². The third-order valence-electron chi connectivity index (χ3n) is 4.01. The normalized spacial score (nSPS) is 10.7. The summed E-state index contributed by atoms with van der Waals surface area (Å²) in [5.74, 6) is 0. The average Bonchev–Trinajstić information content (AvgIpc) is 3.11. The lowest BCUT2D eigenvalue weighted by atomic mass is 10.1. The Labute approximate surface area is 143 Å². The predicted molar refractivity (Wildman–Crippen MR) is 93.8 cm³/mol. The summed E-state index contributed by atoms with van der Waals surface area (Å²) < 4.78 is 1.44. The number of aromatic nitrogens is 4. The molecule has 6 nitrogen and oxygen atoms in total. The first-order valence-corrected chi connectivity index (χ1v) is 7.74. The van der Waals surface area contributed by atoms with Crippen LogP contribution >= 0.6 is 0 Å². The van der Waals surface area contributed by atoms with E-state index in [1.54, 1.807) is 24.4 Å². The van der Waals surface area contributed by atoms with Gasteiger partial charge >= 0.3 is 0 Å². The Bertz CT molecular complexity index is 1150. The van der Waals surface area contributed by atoms with E-state index < -0.39 is 0 Å². The van der Waals surface area contributed by atoms with Crippen molar-refractivity contribution >= 4 is 10.9 Å². The summed E-state index contributed by atoms with van der Waals surface area (Å²) in [5.41, 5.74) is 3.90. The zero-order valence-electron chi connectivity index (χ0n) is 13.2. The van der Waals surface area contributed by atoms with Gasteiger partial charge in [-0.15, -0.1) is 0 Å². The molecule has 1 N–H and O–H groups in total. The van der Waals surface area contributed by atoms with Crippen molar-refractivity contribution in [3.05, 3.63) is 82.3 Å². The second-order valence-corrected chi connectivity index (χ2v) is 5.70. The van der Waals surface area contributed by atoms with Crippen molar-refractivity contribution in [1.29, 1.82) is 5.26 Å². The van der Waals surface area contributed by atoms with E-state index in [-0.39, 0.29) is 5.56 Å². The number of rotatable bonds is 3. The van der Waals surface area contributed by atoms with Crippen molar-refractivity contribution in [3.63, 3.8) is 0 Å². The summed E-state index contributed by atoms with van der Waals surface area (Å²) in [7, 11) is 0. The van der Waals surface area contributed by atoms with Crippen molar-refractivity contribution in [2.45, 2.75) is 6.54 Å². The van der Waals surface area contributed by atoms with Gasteiger partial charge in [0.2, 0.25) is 0 Å². The van der Waals surface area contributed by atoms with Gasteiger partial charge in [0.25, 0.3) is 5.56 Å². The summed E-state index contributed by atoms with van der Waals surface area (Å²) in [6, 6.07) is 18.3. The number of aromatic amines is 1. The van der Waals surface area contributed by atoms with E-state index >= 15 is 0 Å². The first-order valence-electron chi connectivity index (χ1n) is 7.74. The van der Waals surface area contributed by atoms with Crippen LogP contribution in [0.4, 0.5) is 0 Å². The molecule has 0 bridgehead atoms. The summed E-state index contributed by atoms with van der Waals surface area (Å²) in [6.45, 7) is 0.379. The van der Waals surface area contributed by atoms with Gasteiger partial charge in [-0.2, -0.15) is 15.5 Å². The molecule has 0 aliphatic rings. The molecule has 0 aliphatic heterocycles. The van der Waals surface area contributed by atoms with Crippen LogP contribution in [-0.4, -0.2) is 20.0 Å². The van der Waals surface area contributed by atoms with Gasteiger partial charge in [-0.05, 0) is 35.9 Å². The highest BCUT2D eigenvalue weighted by atomic mass is 16.1. The largest absolute Gasteiger partial charge is 0.278 e. The van der Waals surface area contributed by atoms with Crippen LogP contribution in [0.5, 0.6) is 0 Å². The number of hydrogen-bond donors (Lipinski definition) is 1. The summed E-state index contributed by atoms with van der Waals surface area (Å²) in [6.07, 6.45) is 1.75. The van der Waals surface area contributed by atoms with E-state index in [0.29, 0.717) is 17.8 Å². The molecule has 0 unspecified atom stereocenters. The maximum absolute atomic E-state index is 12.2. The van der Waals surface area contributed by atoms with E-state index in [1.165, 1.54) is 10.7 Å². The van der Waals surface area contributed by atoms with Crippen LogP contribution < -0.4 is 5.56 Å². The van der Waals surface area contributed by atoms with Gasteiger partial charge in [-0.25, -0.2) is 4.68 Å². The van der Waals surface area contributed by atoms with E-state index in [9.17, 15) is 4.79 Å². The molecule has 0 fully saturated rings. The van der Waals surface area contributed by atoms with Gasteiger partial charge in [-0.1, -0.05) is 18.2 Å². The number of nitrogens with zero attached hydrogens (tertiary/aromatic N) is 4.